The van der Waals surface area contributed by atoms with E-state index in [1.54, 1.807) is 38.7 Å². The number of aryl methyl sites for hydroxylation is 1. The van der Waals surface area contributed by atoms with Crippen molar-refractivity contribution in [1.82, 2.24) is 4.57 Å². The standard InChI is InChI=1S/C28H30N2O6S/c1-7-35-25-20(10-9-11-21(25)34-6)24-23(27(32)36-8-2)17(4)29-28-30(24)26(31)22(37-28)15-18-12-13-19(33-5)14-16(18)3/h9-15,24H,7-8H2,1-6H3/b22-15+/t24-/m1/s1. The zero-order valence-electron chi connectivity index (χ0n) is 21.8. The zero-order chi connectivity index (χ0) is 26.7. The van der Waals surface area contributed by atoms with Crippen LogP contribution in [0, 0.1) is 6.92 Å². The largest absolute Gasteiger partial charge is 0.497 e. The van der Waals surface area contributed by atoms with Crippen LogP contribution in [0.15, 0.2) is 57.5 Å². The number of para-hydroxylation sites is 1. The van der Waals surface area contributed by atoms with Gasteiger partial charge in [0.1, 0.15) is 11.8 Å². The lowest BCUT2D eigenvalue weighted by molar-refractivity contribution is -0.139. The first-order chi connectivity index (χ1) is 17.8. The molecule has 0 N–H and O–H groups in total. The van der Waals surface area contributed by atoms with Gasteiger partial charge in [0, 0.05) is 5.56 Å². The summed E-state index contributed by atoms with van der Waals surface area (Å²) in [5, 5.41) is 0. The normalized spacial score (nSPS) is 15.2. The van der Waals surface area contributed by atoms with E-state index in [9.17, 15) is 9.59 Å². The number of hydrogen-bond donors (Lipinski definition) is 0. The molecule has 0 fully saturated rings. The van der Waals surface area contributed by atoms with Crippen molar-refractivity contribution >= 4 is 23.4 Å². The minimum atomic E-state index is -0.800. The topological polar surface area (TPSA) is 88.4 Å². The van der Waals surface area contributed by atoms with E-state index < -0.39 is 12.0 Å². The summed E-state index contributed by atoms with van der Waals surface area (Å²) in [6.45, 7) is 7.90. The van der Waals surface area contributed by atoms with Crippen molar-refractivity contribution in [1.29, 1.82) is 0 Å². The lowest BCUT2D eigenvalue weighted by Gasteiger charge is -2.26. The van der Waals surface area contributed by atoms with Gasteiger partial charge in [-0.25, -0.2) is 9.79 Å². The zero-order valence-corrected chi connectivity index (χ0v) is 22.6. The summed E-state index contributed by atoms with van der Waals surface area (Å²) in [4.78, 5) is 32.2. The van der Waals surface area contributed by atoms with E-state index in [1.807, 2.05) is 50.3 Å². The molecule has 194 valence electrons. The van der Waals surface area contributed by atoms with Gasteiger partial charge in [0.2, 0.25) is 0 Å². The summed E-state index contributed by atoms with van der Waals surface area (Å²) in [6, 6.07) is 10.3. The van der Waals surface area contributed by atoms with Gasteiger partial charge in [0.25, 0.3) is 5.56 Å². The van der Waals surface area contributed by atoms with E-state index >= 15 is 0 Å². The van der Waals surface area contributed by atoms with Crippen molar-refractivity contribution in [2.45, 2.75) is 33.7 Å². The number of carbonyl (C=O) groups excluding carboxylic acids is 1. The molecule has 3 aromatic rings. The van der Waals surface area contributed by atoms with Gasteiger partial charge in [-0.1, -0.05) is 29.5 Å². The van der Waals surface area contributed by atoms with Crippen LogP contribution in [0.25, 0.3) is 6.08 Å². The van der Waals surface area contributed by atoms with Gasteiger partial charge in [-0.05, 0) is 63.1 Å². The molecule has 0 radical (unpaired) electrons. The van der Waals surface area contributed by atoms with Gasteiger partial charge in [0.05, 0.1) is 43.2 Å². The first-order valence-corrected chi connectivity index (χ1v) is 12.8. The van der Waals surface area contributed by atoms with Crippen molar-refractivity contribution in [2.24, 2.45) is 4.99 Å². The molecule has 1 aliphatic heterocycles. The fraction of sp³-hybridized carbons (Fsp3) is 0.321. The lowest BCUT2D eigenvalue weighted by atomic mass is 9.94. The molecule has 0 unspecified atom stereocenters. The Labute approximate surface area is 219 Å². The Bertz CT molecular complexity index is 1550. The number of fused-ring (bicyclic) bond motifs is 1. The Morgan fingerprint density at radius 1 is 1.11 bits per heavy atom. The molecule has 0 aliphatic carbocycles. The van der Waals surface area contributed by atoms with Crippen LogP contribution in [0.4, 0.5) is 0 Å². The molecule has 8 nitrogen and oxygen atoms in total. The number of ether oxygens (including phenoxy) is 4. The Balaban J connectivity index is 2.01. The number of allylic oxidation sites excluding steroid dienone is 1. The predicted molar refractivity (Wildman–Crippen MR) is 142 cm³/mol. The van der Waals surface area contributed by atoms with Crippen molar-refractivity contribution < 1.29 is 23.7 Å². The first-order valence-electron chi connectivity index (χ1n) is 12.0. The highest BCUT2D eigenvalue weighted by Gasteiger charge is 2.35. The maximum Gasteiger partial charge on any atom is 0.338 e. The Morgan fingerprint density at radius 2 is 1.89 bits per heavy atom. The number of thiazole rings is 1. The maximum atomic E-state index is 13.9. The third kappa shape index (κ3) is 4.91. The molecule has 1 atom stereocenters. The van der Waals surface area contributed by atoms with Crippen molar-refractivity contribution in [3.8, 4) is 17.2 Å². The minimum absolute atomic E-state index is 0.194. The number of esters is 1. The van der Waals surface area contributed by atoms with E-state index in [-0.39, 0.29) is 17.7 Å². The van der Waals surface area contributed by atoms with Crippen molar-refractivity contribution in [3.05, 3.63) is 84.0 Å². The molecule has 9 heteroatoms. The second-order valence-corrected chi connectivity index (χ2v) is 9.35. The first kappa shape index (κ1) is 26.2. The van der Waals surface area contributed by atoms with Gasteiger partial charge in [-0.2, -0.15) is 0 Å². The highest BCUT2D eigenvalue weighted by Crippen LogP contribution is 2.40. The summed E-state index contributed by atoms with van der Waals surface area (Å²) in [5.41, 5.74) is 2.99. The van der Waals surface area contributed by atoms with Crippen molar-refractivity contribution in [2.75, 3.05) is 27.4 Å². The number of nitrogens with zero attached hydrogens (tertiary/aromatic N) is 2. The molecule has 2 heterocycles. The molecule has 37 heavy (non-hydrogen) atoms. The SMILES string of the molecule is CCOC(=O)C1=C(C)N=c2s/c(=C/c3ccc(OC)cc3C)c(=O)n2[C@@H]1c1cccc(OC)c1OCC. The van der Waals surface area contributed by atoms with Crippen LogP contribution in [-0.2, 0) is 9.53 Å². The molecule has 0 bridgehead atoms. The second kappa shape index (κ2) is 11.0. The van der Waals surface area contributed by atoms with Crippen LogP contribution in [0.1, 0.15) is 43.5 Å². The Kier molecular flexibility index (Phi) is 7.83. The van der Waals surface area contributed by atoms with Crippen LogP contribution < -0.4 is 29.1 Å². The van der Waals surface area contributed by atoms with Gasteiger partial charge >= 0.3 is 5.97 Å². The second-order valence-electron chi connectivity index (χ2n) is 8.34. The molecular formula is C28H30N2O6S. The molecule has 0 amide bonds. The van der Waals surface area contributed by atoms with Crippen LogP contribution in [-0.4, -0.2) is 38.0 Å². The molecule has 2 aromatic carbocycles. The number of benzene rings is 2. The monoisotopic (exact) mass is 522 g/mol. The number of hydrogen-bond acceptors (Lipinski definition) is 8. The molecular weight excluding hydrogens is 492 g/mol. The third-order valence-electron chi connectivity index (χ3n) is 6.09. The lowest BCUT2D eigenvalue weighted by Crippen LogP contribution is -2.40. The molecule has 4 rings (SSSR count). The molecule has 1 aromatic heterocycles. The van der Waals surface area contributed by atoms with E-state index in [0.717, 1.165) is 16.9 Å². The minimum Gasteiger partial charge on any atom is -0.497 e. The summed E-state index contributed by atoms with van der Waals surface area (Å²) in [7, 11) is 3.17. The molecule has 0 spiro atoms. The quantitative estimate of drug-likeness (QED) is 0.421. The predicted octanol–water partition coefficient (Wildman–Crippen LogP) is 3.52. The van der Waals surface area contributed by atoms with Crippen LogP contribution >= 0.6 is 11.3 Å². The number of aromatic nitrogens is 1. The van der Waals surface area contributed by atoms with Gasteiger partial charge < -0.3 is 18.9 Å². The summed E-state index contributed by atoms with van der Waals surface area (Å²) in [6.07, 6.45) is 1.84. The van der Waals surface area contributed by atoms with E-state index in [1.165, 1.54) is 11.3 Å². The average molecular weight is 523 g/mol. The average Bonchev–Trinajstić information content (AvgIpc) is 3.19. The van der Waals surface area contributed by atoms with Crippen LogP contribution in [0.5, 0.6) is 17.2 Å². The fourth-order valence-electron chi connectivity index (χ4n) is 4.37. The Morgan fingerprint density at radius 3 is 2.54 bits per heavy atom. The van der Waals surface area contributed by atoms with Crippen molar-refractivity contribution in [3.63, 3.8) is 0 Å². The van der Waals surface area contributed by atoms with Gasteiger partial charge in [0.15, 0.2) is 16.3 Å². The molecule has 0 saturated heterocycles. The fourth-order valence-corrected chi connectivity index (χ4v) is 5.41. The van der Waals surface area contributed by atoms with E-state index in [2.05, 4.69) is 4.99 Å². The third-order valence-corrected chi connectivity index (χ3v) is 7.08. The molecule has 0 saturated carbocycles. The van der Waals surface area contributed by atoms with Crippen LogP contribution in [0.2, 0.25) is 0 Å². The van der Waals surface area contributed by atoms with E-state index in [4.69, 9.17) is 18.9 Å². The summed E-state index contributed by atoms with van der Waals surface area (Å²) >= 11 is 1.27. The maximum absolute atomic E-state index is 13.9. The van der Waals surface area contributed by atoms with Gasteiger partial charge in [-0.3, -0.25) is 9.36 Å². The smallest absolute Gasteiger partial charge is 0.338 e. The van der Waals surface area contributed by atoms with Crippen LogP contribution in [0.3, 0.4) is 0 Å². The highest BCUT2D eigenvalue weighted by atomic mass is 32.1. The van der Waals surface area contributed by atoms with E-state index in [0.29, 0.717) is 38.7 Å². The summed E-state index contributed by atoms with van der Waals surface area (Å²) < 4.78 is 24.3. The number of rotatable bonds is 8. The highest BCUT2D eigenvalue weighted by molar-refractivity contribution is 7.07. The number of carbonyl (C=O) groups is 1. The van der Waals surface area contributed by atoms with Gasteiger partial charge in [-0.15, -0.1) is 0 Å². The molecule has 1 aliphatic rings. The summed E-state index contributed by atoms with van der Waals surface area (Å²) in [5.74, 6) is 1.19. The Hall–Kier alpha value is -3.85. The number of methoxy groups -OCH3 is 2.